The summed E-state index contributed by atoms with van der Waals surface area (Å²) >= 11 is 0. The van der Waals surface area contributed by atoms with Gasteiger partial charge in [-0.1, -0.05) is 36.4 Å². The summed E-state index contributed by atoms with van der Waals surface area (Å²) in [6.07, 6.45) is 2.52. The second-order valence-corrected chi connectivity index (χ2v) is 7.66. The lowest BCUT2D eigenvalue weighted by atomic mass is 9.74. The number of hydrogen-bond acceptors (Lipinski definition) is 4. The van der Waals surface area contributed by atoms with E-state index in [4.69, 9.17) is 14.2 Å². The van der Waals surface area contributed by atoms with Crippen LogP contribution in [0.15, 0.2) is 48.5 Å². The van der Waals surface area contributed by atoms with Gasteiger partial charge in [-0.05, 0) is 36.5 Å². The van der Waals surface area contributed by atoms with E-state index in [1.807, 2.05) is 24.3 Å². The van der Waals surface area contributed by atoms with Crippen LogP contribution in [-0.2, 0) is 21.4 Å². The number of fused-ring (bicyclic) bond motifs is 1. The Balaban J connectivity index is 1.43. The van der Waals surface area contributed by atoms with E-state index in [0.29, 0.717) is 19.6 Å². The molecule has 1 saturated heterocycles. The Morgan fingerprint density at radius 3 is 2.71 bits per heavy atom. The van der Waals surface area contributed by atoms with Crippen LogP contribution in [0.3, 0.4) is 0 Å². The molecule has 2 heterocycles. The maximum absolute atomic E-state index is 12.9. The number of amides is 1. The zero-order valence-corrected chi connectivity index (χ0v) is 16.3. The highest BCUT2D eigenvalue weighted by Crippen LogP contribution is 2.35. The van der Waals surface area contributed by atoms with Crippen LogP contribution < -0.4 is 14.8 Å². The SMILES string of the molecule is COc1ccc2c(c1)OC[C@H](C(=O)NCC1(c3ccccc3)CCOCC1)C2. The number of carbonyl (C=O) groups is 1. The molecule has 2 aromatic carbocycles. The third-order valence-electron chi connectivity index (χ3n) is 5.99. The first kappa shape index (κ1) is 18.8. The summed E-state index contributed by atoms with van der Waals surface area (Å²) in [5.74, 6) is 1.47. The summed E-state index contributed by atoms with van der Waals surface area (Å²) in [4.78, 5) is 12.9. The van der Waals surface area contributed by atoms with Crippen molar-refractivity contribution in [2.24, 2.45) is 5.92 Å². The Bertz CT molecular complexity index is 815. The molecule has 0 radical (unpaired) electrons. The van der Waals surface area contributed by atoms with Gasteiger partial charge in [0.25, 0.3) is 0 Å². The minimum atomic E-state index is -0.173. The van der Waals surface area contributed by atoms with E-state index >= 15 is 0 Å². The van der Waals surface area contributed by atoms with Crippen molar-refractivity contribution in [2.45, 2.75) is 24.7 Å². The van der Waals surface area contributed by atoms with Gasteiger partial charge in [0.2, 0.25) is 5.91 Å². The molecule has 1 amide bonds. The second kappa shape index (κ2) is 8.23. The number of nitrogens with one attached hydrogen (secondary N) is 1. The summed E-state index contributed by atoms with van der Waals surface area (Å²) in [5.41, 5.74) is 2.27. The van der Waals surface area contributed by atoms with Crippen LogP contribution in [0, 0.1) is 5.92 Å². The Morgan fingerprint density at radius 1 is 1.18 bits per heavy atom. The number of benzene rings is 2. The van der Waals surface area contributed by atoms with Crippen molar-refractivity contribution >= 4 is 5.91 Å². The van der Waals surface area contributed by atoms with Gasteiger partial charge in [0.1, 0.15) is 18.1 Å². The Kier molecular flexibility index (Phi) is 5.53. The molecule has 5 heteroatoms. The van der Waals surface area contributed by atoms with Crippen molar-refractivity contribution in [3.05, 3.63) is 59.7 Å². The van der Waals surface area contributed by atoms with Gasteiger partial charge in [0.15, 0.2) is 0 Å². The molecule has 1 N–H and O–H groups in total. The molecule has 1 atom stereocenters. The molecule has 1 fully saturated rings. The molecule has 0 saturated carbocycles. The summed E-state index contributed by atoms with van der Waals surface area (Å²) in [7, 11) is 1.64. The van der Waals surface area contributed by atoms with Gasteiger partial charge in [-0.25, -0.2) is 0 Å². The molecule has 4 rings (SSSR count). The van der Waals surface area contributed by atoms with Gasteiger partial charge < -0.3 is 19.5 Å². The van der Waals surface area contributed by atoms with Crippen molar-refractivity contribution in [1.29, 1.82) is 0 Å². The quantitative estimate of drug-likeness (QED) is 0.865. The summed E-state index contributed by atoms with van der Waals surface area (Å²) in [6.45, 7) is 2.48. The summed E-state index contributed by atoms with van der Waals surface area (Å²) in [5, 5.41) is 3.22. The molecular formula is C23H27NO4. The Morgan fingerprint density at radius 2 is 1.96 bits per heavy atom. The fraction of sp³-hybridized carbons (Fsp3) is 0.435. The van der Waals surface area contributed by atoms with Gasteiger partial charge in [-0.2, -0.15) is 0 Å². The van der Waals surface area contributed by atoms with E-state index in [1.165, 1.54) is 5.56 Å². The van der Waals surface area contributed by atoms with Crippen LogP contribution in [0.2, 0.25) is 0 Å². The van der Waals surface area contributed by atoms with Crippen LogP contribution >= 0.6 is 0 Å². The van der Waals surface area contributed by atoms with Gasteiger partial charge in [0, 0.05) is 31.2 Å². The second-order valence-electron chi connectivity index (χ2n) is 7.66. The van der Waals surface area contributed by atoms with E-state index in [1.54, 1.807) is 7.11 Å². The first-order valence-corrected chi connectivity index (χ1v) is 9.91. The summed E-state index contributed by atoms with van der Waals surface area (Å²) < 4.78 is 16.7. The monoisotopic (exact) mass is 381 g/mol. The van der Waals surface area contributed by atoms with Gasteiger partial charge in [-0.15, -0.1) is 0 Å². The van der Waals surface area contributed by atoms with Crippen molar-refractivity contribution in [3.63, 3.8) is 0 Å². The topological polar surface area (TPSA) is 56.8 Å². The van der Waals surface area contributed by atoms with Gasteiger partial charge in [0.05, 0.1) is 13.0 Å². The molecule has 0 aliphatic carbocycles. The van der Waals surface area contributed by atoms with Crippen LogP contribution in [0.1, 0.15) is 24.0 Å². The van der Waals surface area contributed by atoms with Crippen LogP contribution in [0.25, 0.3) is 0 Å². The van der Waals surface area contributed by atoms with Crippen molar-refractivity contribution in [3.8, 4) is 11.5 Å². The lowest BCUT2D eigenvalue weighted by molar-refractivity contribution is -0.126. The molecule has 0 bridgehead atoms. The number of ether oxygens (including phenoxy) is 3. The molecule has 0 aromatic heterocycles. The zero-order valence-electron chi connectivity index (χ0n) is 16.3. The smallest absolute Gasteiger partial charge is 0.226 e. The van der Waals surface area contributed by atoms with E-state index in [9.17, 15) is 4.79 Å². The minimum absolute atomic E-state index is 0.0586. The number of methoxy groups -OCH3 is 1. The fourth-order valence-electron chi connectivity index (χ4n) is 4.17. The minimum Gasteiger partial charge on any atom is -0.497 e. The maximum Gasteiger partial charge on any atom is 0.226 e. The van der Waals surface area contributed by atoms with E-state index in [2.05, 4.69) is 29.6 Å². The molecule has 2 aliphatic heterocycles. The standard InChI is InChI=1S/C23H27NO4/c1-26-20-8-7-17-13-18(15-28-21(17)14-20)22(25)24-16-23(9-11-27-12-10-23)19-5-3-2-4-6-19/h2-8,14,18H,9-13,15-16H2,1H3,(H,24,25)/t18-/m1/s1. The molecule has 148 valence electrons. The Labute approximate surface area is 166 Å². The summed E-state index contributed by atoms with van der Waals surface area (Å²) in [6, 6.07) is 16.3. The van der Waals surface area contributed by atoms with E-state index in [-0.39, 0.29) is 17.2 Å². The van der Waals surface area contributed by atoms with Gasteiger partial charge in [-0.3, -0.25) is 4.79 Å². The third-order valence-corrected chi connectivity index (χ3v) is 5.99. The molecule has 0 unspecified atom stereocenters. The average Bonchev–Trinajstić information content (AvgIpc) is 2.78. The number of rotatable bonds is 5. The van der Waals surface area contributed by atoms with Gasteiger partial charge >= 0.3 is 0 Å². The predicted octanol–water partition coefficient (Wildman–Crippen LogP) is 3.11. The van der Waals surface area contributed by atoms with Crippen LogP contribution in [-0.4, -0.2) is 39.4 Å². The Hall–Kier alpha value is -2.53. The third kappa shape index (κ3) is 3.85. The normalized spacial score (nSPS) is 20.5. The van der Waals surface area contributed by atoms with E-state index in [0.717, 1.165) is 43.1 Å². The van der Waals surface area contributed by atoms with Crippen LogP contribution in [0.5, 0.6) is 11.5 Å². The largest absolute Gasteiger partial charge is 0.497 e. The highest BCUT2D eigenvalue weighted by molar-refractivity contribution is 5.79. The first-order chi connectivity index (χ1) is 13.7. The zero-order chi connectivity index (χ0) is 19.4. The van der Waals surface area contributed by atoms with Crippen molar-refractivity contribution < 1.29 is 19.0 Å². The number of carbonyl (C=O) groups excluding carboxylic acids is 1. The highest BCUT2D eigenvalue weighted by atomic mass is 16.5. The molecule has 28 heavy (non-hydrogen) atoms. The van der Waals surface area contributed by atoms with Crippen molar-refractivity contribution in [1.82, 2.24) is 5.32 Å². The number of hydrogen-bond donors (Lipinski definition) is 1. The fourth-order valence-corrected chi connectivity index (χ4v) is 4.17. The first-order valence-electron chi connectivity index (χ1n) is 9.91. The van der Waals surface area contributed by atoms with Crippen LogP contribution in [0.4, 0.5) is 0 Å². The highest BCUT2D eigenvalue weighted by Gasteiger charge is 2.36. The maximum atomic E-state index is 12.9. The molecule has 0 spiro atoms. The molecule has 5 nitrogen and oxygen atoms in total. The molecule has 2 aromatic rings. The van der Waals surface area contributed by atoms with Crippen molar-refractivity contribution in [2.75, 3.05) is 33.5 Å². The predicted molar refractivity (Wildman–Crippen MR) is 107 cm³/mol. The lowest BCUT2D eigenvalue weighted by Gasteiger charge is -2.38. The average molecular weight is 381 g/mol. The van der Waals surface area contributed by atoms with E-state index < -0.39 is 0 Å². The lowest BCUT2D eigenvalue weighted by Crippen LogP contribution is -2.47. The molecular weight excluding hydrogens is 354 g/mol. The molecule has 2 aliphatic rings.